The maximum absolute atomic E-state index is 14.9. The summed E-state index contributed by atoms with van der Waals surface area (Å²) in [5.74, 6) is -1.69. The van der Waals surface area contributed by atoms with Crippen LogP contribution >= 0.6 is 0 Å². The summed E-state index contributed by atoms with van der Waals surface area (Å²) >= 11 is 0. The predicted octanol–water partition coefficient (Wildman–Crippen LogP) is 5.78. The number of halogens is 4. The fraction of sp³-hybridized carbons (Fsp3) is 0.586. The highest BCUT2D eigenvalue weighted by molar-refractivity contribution is 5.96. The Labute approximate surface area is 232 Å². The number of benzene rings is 1. The Morgan fingerprint density at radius 3 is 2.50 bits per heavy atom. The minimum atomic E-state index is -4.66. The van der Waals surface area contributed by atoms with E-state index in [1.165, 1.54) is 12.1 Å². The van der Waals surface area contributed by atoms with Gasteiger partial charge in [-0.05, 0) is 96.1 Å². The average Bonchev–Trinajstić information content (AvgIpc) is 3.33. The molecule has 1 aliphatic heterocycles. The Hall–Kier alpha value is -3.08. The second-order valence-electron chi connectivity index (χ2n) is 11.4. The van der Waals surface area contributed by atoms with Crippen LogP contribution in [0.25, 0.3) is 0 Å². The van der Waals surface area contributed by atoms with E-state index in [9.17, 15) is 27.2 Å². The maximum atomic E-state index is 14.9. The zero-order chi connectivity index (χ0) is 29.0. The number of anilines is 2. The van der Waals surface area contributed by atoms with E-state index in [-0.39, 0.29) is 71.2 Å². The van der Waals surface area contributed by atoms with Crippen LogP contribution in [0.2, 0.25) is 0 Å². The van der Waals surface area contributed by atoms with Gasteiger partial charge in [0.05, 0.1) is 16.8 Å². The van der Waals surface area contributed by atoms with E-state index in [2.05, 4.69) is 25.5 Å². The first-order valence-corrected chi connectivity index (χ1v) is 13.9. The minimum Gasteiger partial charge on any atom is -0.354 e. The van der Waals surface area contributed by atoms with Crippen molar-refractivity contribution in [3.8, 4) is 0 Å². The Kier molecular flexibility index (Phi) is 9.43. The van der Waals surface area contributed by atoms with E-state index >= 15 is 0 Å². The zero-order valence-electron chi connectivity index (χ0n) is 23.2. The summed E-state index contributed by atoms with van der Waals surface area (Å²) in [7, 11) is 2.03. The molecule has 2 N–H and O–H groups in total. The smallest absolute Gasteiger partial charge is 0.354 e. The lowest BCUT2D eigenvalue weighted by Crippen LogP contribution is -2.37. The van der Waals surface area contributed by atoms with Crippen molar-refractivity contribution in [2.24, 2.45) is 17.8 Å². The van der Waals surface area contributed by atoms with Gasteiger partial charge in [0, 0.05) is 30.3 Å². The molecule has 0 spiro atoms. The normalized spacial score (nSPS) is 20.6. The molecule has 0 unspecified atom stereocenters. The Bertz CT molecular complexity index is 1210. The van der Waals surface area contributed by atoms with E-state index in [0.29, 0.717) is 12.8 Å². The third-order valence-electron chi connectivity index (χ3n) is 7.89. The van der Waals surface area contributed by atoms with Gasteiger partial charge in [-0.3, -0.25) is 9.59 Å². The fourth-order valence-electron chi connectivity index (χ4n) is 5.72. The summed E-state index contributed by atoms with van der Waals surface area (Å²) in [5.41, 5.74) is -0.946. The number of piperidine rings is 1. The number of rotatable bonds is 9. The maximum Gasteiger partial charge on any atom is 0.419 e. The number of nitrogens with zero attached hydrogens (tertiary/aromatic N) is 3. The van der Waals surface area contributed by atoms with Crippen LogP contribution in [0.3, 0.4) is 0 Å². The van der Waals surface area contributed by atoms with E-state index in [4.69, 9.17) is 0 Å². The highest BCUT2D eigenvalue weighted by Gasteiger charge is 2.39. The van der Waals surface area contributed by atoms with Gasteiger partial charge in [-0.2, -0.15) is 13.2 Å². The molecule has 1 aliphatic carbocycles. The molecule has 2 heterocycles. The third kappa shape index (κ3) is 7.56. The number of carbonyl (C=O) groups is 2. The number of carbonyl (C=O) groups excluding carboxylic acids is 2. The van der Waals surface area contributed by atoms with Crippen molar-refractivity contribution in [3.05, 3.63) is 47.0 Å². The molecule has 11 heteroatoms. The fourth-order valence-corrected chi connectivity index (χ4v) is 5.72. The number of likely N-dealkylation sites (tertiary alicyclic amines) is 1. The summed E-state index contributed by atoms with van der Waals surface area (Å²) < 4.78 is 56.3. The average molecular weight is 564 g/mol. The Morgan fingerprint density at radius 1 is 1.12 bits per heavy atom. The van der Waals surface area contributed by atoms with Crippen molar-refractivity contribution in [3.63, 3.8) is 0 Å². The first kappa shape index (κ1) is 29.9. The summed E-state index contributed by atoms with van der Waals surface area (Å²) in [6, 6.07) is 3.95. The number of nitrogens with one attached hydrogen (secondary N) is 2. The number of aromatic nitrogens is 2. The van der Waals surface area contributed by atoms with E-state index in [0.717, 1.165) is 44.6 Å². The molecule has 1 aromatic carbocycles. The molecule has 2 atom stereocenters. The number of hydrogen-bond acceptors (Lipinski definition) is 6. The lowest BCUT2D eigenvalue weighted by atomic mass is 9.89. The van der Waals surface area contributed by atoms with Crippen LogP contribution in [-0.4, -0.2) is 52.7 Å². The second-order valence-corrected chi connectivity index (χ2v) is 11.4. The van der Waals surface area contributed by atoms with Gasteiger partial charge >= 0.3 is 6.18 Å². The van der Waals surface area contributed by atoms with Crippen molar-refractivity contribution in [2.75, 3.05) is 25.5 Å². The van der Waals surface area contributed by atoms with Gasteiger partial charge in [-0.15, -0.1) is 0 Å². The predicted molar refractivity (Wildman–Crippen MR) is 144 cm³/mol. The van der Waals surface area contributed by atoms with Gasteiger partial charge in [-0.1, -0.05) is 6.42 Å². The molecule has 218 valence electrons. The number of alkyl halides is 3. The van der Waals surface area contributed by atoms with Crippen LogP contribution in [0.5, 0.6) is 0 Å². The van der Waals surface area contributed by atoms with Gasteiger partial charge in [0.1, 0.15) is 5.82 Å². The topological polar surface area (TPSA) is 87.2 Å². The molecule has 1 saturated carbocycles. The van der Waals surface area contributed by atoms with E-state index in [1.807, 2.05) is 20.9 Å². The Balaban J connectivity index is 1.49. The first-order valence-electron chi connectivity index (χ1n) is 13.9. The SMILES string of the molecule is CC(C)NC(=O)[C@H]1CCC[C@H]1Cc1nc(Nc2ccc(C(=O)CC3CCN(C)CC3)c(F)c2)ncc1C(F)(F)F. The van der Waals surface area contributed by atoms with Crippen molar-refractivity contribution in [1.82, 2.24) is 20.2 Å². The largest absolute Gasteiger partial charge is 0.419 e. The van der Waals surface area contributed by atoms with Gasteiger partial charge < -0.3 is 15.5 Å². The van der Waals surface area contributed by atoms with Crippen LogP contribution in [0.4, 0.5) is 29.2 Å². The molecule has 1 amide bonds. The molecule has 1 aromatic heterocycles. The second kappa shape index (κ2) is 12.6. The molecular weight excluding hydrogens is 526 g/mol. The van der Waals surface area contributed by atoms with Crippen LogP contribution < -0.4 is 10.6 Å². The monoisotopic (exact) mass is 563 g/mol. The molecular formula is C29H37F4N5O2. The van der Waals surface area contributed by atoms with E-state index in [1.54, 1.807) is 0 Å². The number of amides is 1. The molecule has 2 aliphatic rings. The van der Waals surface area contributed by atoms with Gasteiger partial charge in [-0.25, -0.2) is 14.4 Å². The van der Waals surface area contributed by atoms with Gasteiger partial charge in [0.25, 0.3) is 0 Å². The number of ketones is 1. The molecule has 2 fully saturated rings. The molecule has 4 rings (SSSR count). The number of hydrogen-bond donors (Lipinski definition) is 2. The van der Waals surface area contributed by atoms with Crippen LogP contribution in [0.15, 0.2) is 24.4 Å². The van der Waals surface area contributed by atoms with Crippen molar-refractivity contribution < 1.29 is 27.2 Å². The molecule has 7 nitrogen and oxygen atoms in total. The molecule has 0 radical (unpaired) electrons. The minimum absolute atomic E-state index is 0.00884. The van der Waals surface area contributed by atoms with Gasteiger partial charge in [0.2, 0.25) is 11.9 Å². The molecule has 40 heavy (non-hydrogen) atoms. The number of Topliss-reactive ketones (excluding diaryl/α,β-unsaturated/α-hetero) is 1. The highest BCUT2D eigenvalue weighted by atomic mass is 19.4. The van der Waals surface area contributed by atoms with Crippen LogP contribution in [0, 0.1) is 23.6 Å². The molecule has 1 saturated heterocycles. The van der Waals surface area contributed by atoms with Gasteiger partial charge in [0.15, 0.2) is 5.78 Å². The third-order valence-corrected chi connectivity index (χ3v) is 7.89. The quantitative estimate of drug-likeness (QED) is 0.297. The molecule has 2 aromatic rings. The lowest BCUT2D eigenvalue weighted by molar-refractivity contribution is -0.138. The van der Waals surface area contributed by atoms with Crippen LogP contribution in [0.1, 0.15) is 74.0 Å². The standard InChI is InChI=1S/C29H37F4N5O2/c1-17(2)35-27(40)21-6-4-5-19(21)14-25-23(29(31,32)33)16-34-28(37-25)36-20-7-8-22(24(30)15-20)26(39)13-18-9-11-38(3)12-10-18/h7-8,15-19,21H,4-6,9-14H2,1-3H3,(H,35,40)(H,34,36,37)/t19-,21-/m0/s1. The van der Waals surface area contributed by atoms with Crippen LogP contribution in [-0.2, 0) is 17.4 Å². The summed E-state index contributed by atoms with van der Waals surface area (Å²) in [6.45, 7) is 5.50. The van der Waals surface area contributed by atoms with E-state index < -0.39 is 17.6 Å². The summed E-state index contributed by atoms with van der Waals surface area (Å²) in [5, 5.41) is 5.64. The highest BCUT2D eigenvalue weighted by Crippen LogP contribution is 2.38. The van der Waals surface area contributed by atoms with Crippen molar-refractivity contribution in [1.29, 1.82) is 0 Å². The Morgan fingerprint density at radius 2 is 1.85 bits per heavy atom. The van der Waals surface area contributed by atoms with Crippen molar-refractivity contribution >= 4 is 23.3 Å². The first-order chi connectivity index (χ1) is 18.9. The van der Waals surface area contributed by atoms with Crippen molar-refractivity contribution in [2.45, 2.75) is 71.0 Å². The zero-order valence-corrected chi connectivity index (χ0v) is 23.2. The summed E-state index contributed by atoms with van der Waals surface area (Å²) in [4.78, 5) is 35.5. The molecule has 0 bridgehead atoms. The summed E-state index contributed by atoms with van der Waals surface area (Å²) in [6.07, 6.45) is 0.0774. The lowest BCUT2D eigenvalue weighted by Gasteiger charge is -2.28.